The number of carbonyl (C=O) groups excluding carboxylic acids is 1. The Labute approximate surface area is 207 Å². The summed E-state index contributed by atoms with van der Waals surface area (Å²) in [6.07, 6.45) is 0. The van der Waals surface area contributed by atoms with E-state index in [0.29, 0.717) is 37.3 Å². The number of aryl methyl sites for hydroxylation is 1. The number of rotatable bonds is 6. The summed E-state index contributed by atoms with van der Waals surface area (Å²) >= 11 is 14.7. The lowest BCUT2D eigenvalue weighted by Crippen LogP contribution is -2.13. The molecule has 0 aliphatic heterocycles. The molecule has 0 saturated carbocycles. The van der Waals surface area contributed by atoms with E-state index in [1.54, 1.807) is 30.3 Å². The molecule has 2 heterocycles. The second-order valence-corrected chi connectivity index (χ2v) is 9.73. The van der Waals surface area contributed by atoms with Crippen LogP contribution >= 0.6 is 46.3 Å². The van der Waals surface area contributed by atoms with Gasteiger partial charge in [-0.15, -0.1) is 21.5 Å². The third kappa shape index (κ3) is 5.15. The van der Waals surface area contributed by atoms with Crippen LogP contribution in [0.1, 0.15) is 10.4 Å². The number of halogens is 2. The van der Waals surface area contributed by atoms with Gasteiger partial charge in [0, 0.05) is 31.6 Å². The molecule has 1 amide bonds. The summed E-state index contributed by atoms with van der Waals surface area (Å²) in [5.41, 5.74) is 2.33. The van der Waals surface area contributed by atoms with Crippen LogP contribution in [0.5, 0.6) is 5.75 Å². The van der Waals surface area contributed by atoms with Gasteiger partial charge in [-0.1, -0.05) is 41.0 Å². The Bertz CT molecular complexity index is 1380. The van der Waals surface area contributed by atoms with Crippen molar-refractivity contribution in [2.24, 2.45) is 0 Å². The van der Waals surface area contributed by atoms with Crippen molar-refractivity contribution in [1.29, 1.82) is 5.26 Å². The molecule has 0 atom stereocenters. The van der Waals surface area contributed by atoms with E-state index in [2.05, 4.69) is 21.6 Å². The molecule has 4 aromatic rings. The Hall–Kier alpha value is -3.03. The third-order valence-corrected chi connectivity index (χ3v) is 6.88. The lowest BCUT2D eigenvalue weighted by atomic mass is 10.0. The monoisotopic (exact) mass is 516 g/mol. The summed E-state index contributed by atoms with van der Waals surface area (Å²) in [4.78, 5) is 13.4. The fourth-order valence-electron chi connectivity index (χ4n) is 3.03. The molecule has 0 saturated heterocycles. The summed E-state index contributed by atoms with van der Waals surface area (Å²) in [5.74, 6) is 0.0984. The highest BCUT2D eigenvalue weighted by atomic mass is 35.5. The summed E-state index contributed by atoms with van der Waals surface area (Å²) in [6.45, 7) is 1.86. The third-order valence-electron chi connectivity index (χ3n) is 4.50. The van der Waals surface area contributed by atoms with Gasteiger partial charge >= 0.3 is 0 Å². The van der Waals surface area contributed by atoms with Gasteiger partial charge in [-0.05, 0) is 43.3 Å². The van der Waals surface area contributed by atoms with Gasteiger partial charge in [-0.2, -0.15) is 5.26 Å². The Morgan fingerprint density at radius 3 is 2.70 bits per heavy atom. The number of aromatic nitrogens is 2. The van der Waals surface area contributed by atoms with E-state index >= 15 is 0 Å². The fraction of sp³-hybridized carbons (Fsp3) is 0.0909. The number of anilines is 1. The molecular formula is C22H14Cl2N4O3S2. The Morgan fingerprint density at radius 1 is 1.24 bits per heavy atom. The maximum atomic E-state index is 12.5. The number of thioether (sulfide) groups is 1. The fourth-order valence-corrected chi connectivity index (χ4v) is 5.14. The van der Waals surface area contributed by atoms with Crippen LogP contribution in [0, 0.1) is 18.3 Å². The number of phenolic OH excluding ortho intramolecular Hbond substituents is 1. The average Bonchev–Trinajstić information content (AvgIpc) is 3.37. The van der Waals surface area contributed by atoms with Crippen molar-refractivity contribution < 1.29 is 14.3 Å². The number of nitriles is 1. The zero-order valence-corrected chi connectivity index (χ0v) is 20.1. The van der Waals surface area contributed by atoms with Gasteiger partial charge in [-0.25, -0.2) is 0 Å². The Kier molecular flexibility index (Phi) is 6.91. The highest BCUT2D eigenvalue weighted by molar-refractivity contribution is 7.99. The van der Waals surface area contributed by atoms with Crippen molar-refractivity contribution in [2.75, 3.05) is 11.1 Å². The van der Waals surface area contributed by atoms with E-state index in [1.807, 2.05) is 6.92 Å². The minimum Gasteiger partial charge on any atom is -0.508 e. The normalized spacial score (nSPS) is 10.7. The van der Waals surface area contributed by atoms with E-state index in [4.69, 9.17) is 27.6 Å². The van der Waals surface area contributed by atoms with Gasteiger partial charge in [0.2, 0.25) is 11.8 Å². The van der Waals surface area contributed by atoms with Crippen molar-refractivity contribution >= 4 is 57.2 Å². The van der Waals surface area contributed by atoms with Gasteiger partial charge in [0.05, 0.1) is 11.3 Å². The molecule has 7 nitrogen and oxygen atoms in total. The first-order chi connectivity index (χ1) is 15.9. The molecule has 33 heavy (non-hydrogen) atoms. The topological polar surface area (TPSA) is 112 Å². The number of amides is 1. The number of benzene rings is 2. The average molecular weight is 517 g/mol. The summed E-state index contributed by atoms with van der Waals surface area (Å²) in [5, 5.41) is 31.4. The van der Waals surface area contributed by atoms with Crippen molar-refractivity contribution in [1.82, 2.24) is 10.2 Å². The van der Waals surface area contributed by atoms with Crippen molar-refractivity contribution in [3.8, 4) is 34.4 Å². The predicted octanol–water partition coefficient (Wildman–Crippen LogP) is 6.39. The molecule has 166 valence electrons. The number of phenols is 1. The number of thiophene rings is 1. The number of carbonyl (C=O) groups is 1. The maximum Gasteiger partial charge on any atom is 0.277 e. The molecule has 2 N–H and O–H groups in total. The Balaban J connectivity index is 1.46. The number of hydrogen-bond acceptors (Lipinski definition) is 8. The quantitative estimate of drug-likeness (QED) is 0.285. The van der Waals surface area contributed by atoms with Crippen LogP contribution in [0.4, 0.5) is 5.00 Å². The zero-order chi connectivity index (χ0) is 23.5. The van der Waals surface area contributed by atoms with Gasteiger partial charge in [0.25, 0.3) is 5.22 Å². The first-order valence-electron chi connectivity index (χ1n) is 9.40. The largest absolute Gasteiger partial charge is 0.508 e. The standard InChI is InChI=1S/C22H14Cl2N4O3S2/c1-11-19(15-7-4-13(23)8-17(15)24)16(9-25)21(33-11)26-18(30)10-32-22-28-27-20(31-22)12-2-5-14(29)6-3-12/h2-8,29H,10H2,1H3,(H,26,30). The molecule has 0 fully saturated rings. The summed E-state index contributed by atoms with van der Waals surface area (Å²) in [6, 6.07) is 13.6. The van der Waals surface area contributed by atoms with Gasteiger partial charge in [0.15, 0.2) is 0 Å². The van der Waals surface area contributed by atoms with Crippen LogP contribution in [0.3, 0.4) is 0 Å². The SMILES string of the molecule is Cc1sc(NC(=O)CSc2nnc(-c3ccc(O)cc3)o2)c(C#N)c1-c1ccc(Cl)cc1Cl. The number of nitrogens with zero attached hydrogens (tertiary/aromatic N) is 3. The van der Waals surface area contributed by atoms with Gasteiger partial charge in [0.1, 0.15) is 16.8 Å². The molecule has 0 aliphatic rings. The van der Waals surface area contributed by atoms with Crippen LogP contribution in [0.2, 0.25) is 10.0 Å². The lowest BCUT2D eigenvalue weighted by Gasteiger charge is -2.06. The molecule has 2 aromatic carbocycles. The molecule has 0 aliphatic carbocycles. The van der Waals surface area contributed by atoms with E-state index < -0.39 is 0 Å². The highest BCUT2D eigenvalue weighted by Crippen LogP contribution is 2.42. The summed E-state index contributed by atoms with van der Waals surface area (Å²) < 4.78 is 5.56. The molecule has 0 unspecified atom stereocenters. The molecule has 2 aromatic heterocycles. The van der Waals surface area contributed by atoms with Crippen LogP contribution in [-0.2, 0) is 4.79 Å². The van der Waals surface area contributed by atoms with Crippen LogP contribution < -0.4 is 5.32 Å². The number of hydrogen-bond donors (Lipinski definition) is 2. The van der Waals surface area contributed by atoms with Gasteiger partial charge < -0.3 is 14.8 Å². The molecular weight excluding hydrogens is 503 g/mol. The predicted molar refractivity (Wildman–Crippen MR) is 130 cm³/mol. The lowest BCUT2D eigenvalue weighted by molar-refractivity contribution is -0.113. The molecule has 0 radical (unpaired) electrons. The molecule has 11 heteroatoms. The molecule has 0 bridgehead atoms. The van der Waals surface area contributed by atoms with Crippen molar-refractivity contribution in [3.05, 3.63) is 63.0 Å². The minimum atomic E-state index is -0.323. The molecule has 0 spiro atoms. The van der Waals surface area contributed by atoms with E-state index in [0.717, 1.165) is 16.6 Å². The van der Waals surface area contributed by atoms with Gasteiger partial charge in [-0.3, -0.25) is 4.79 Å². The number of nitrogens with one attached hydrogen (secondary N) is 1. The minimum absolute atomic E-state index is 0.00998. The smallest absolute Gasteiger partial charge is 0.277 e. The summed E-state index contributed by atoms with van der Waals surface area (Å²) in [7, 11) is 0. The Morgan fingerprint density at radius 2 is 2.00 bits per heavy atom. The van der Waals surface area contributed by atoms with Crippen molar-refractivity contribution in [3.63, 3.8) is 0 Å². The maximum absolute atomic E-state index is 12.5. The first-order valence-corrected chi connectivity index (χ1v) is 12.0. The first kappa shape index (κ1) is 23.1. The van der Waals surface area contributed by atoms with E-state index in [9.17, 15) is 15.2 Å². The van der Waals surface area contributed by atoms with Crippen LogP contribution in [0.25, 0.3) is 22.6 Å². The van der Waals surface area contributed by atoms with Crippen LogP contribution in [0.15, 0.2) is 52.1 Å². The van der Waals surface area contributed by atoms with E-state index in [-0.39, 0.29) is 28.5 Å². The molecule has 4 rings (SSSR count). The number of aromatic hydroxyl groups is 1. The second-order valence-electron chi connectivity index (χ2n) is 6.73. The highest BCUT2D eigenvalue weighted by Gasteiger charge is 2.21. The van der Waals surface area contributed by atoms with E-state index in [1.165, 1.54) is 23.5 Å². The second kappa shape index (κ2) is 9.85. The van der Waals surface area contributed by atoms with Crippen molar-refractivity contribution in [2.45, 2.75) is 12.1 Å². The zero-order valence-electron chi connectivity index (χ0n) is 16.9. The van der Waals surface area contributed by atoms with Crippen LogP contribution in [-0.4, -0.2) is 27.0 Å².